The molecule has 0 spiro atoms. The molecule has 2 amide bonds. The zero-order chi connectivity index (χ0) is 17.4. The highest BCUT2D eigenvalue weighted by Crippen LogP contribution is 2.27. The Balaban J connectivity index is 3.19. The Hall–Kier alpha value is -2.24. The second kappa shape index (κ2) is 9.02. The molecule has 0 aromatic heterocycles. The molecule has 0 fully saturated rings. The van der Waals surface area contributed by atoms with E-state index in [1.54, 1.807) is 18.7 Å². The summed E-state index contributed by atoms with van der Waals surface area (Å²) in [7, 11) is 0. The second-order valence-corrected chi connectivity index (χ2v) is 4.86. The van der Waals surface area contributed by atoms with Gasteiger partial charge in [-0.2, -0.15) is 0 Å². The van der Waals surface area contributed by atoms with Gasteiger partial charge in [0, 0.05) is 18.8 Å². The van der Waals surface area contributed by atoms with E-state index in [9.17, 15) is 9.59 Å². The topological polar surface area (TPSA) is 59.1 Å². The summed E-state index contributed by atoms with van der Waals surface area (Å²) >= 11 is 0. The number of aryl methyl sites for hydroxylation is 1. The van der Waals surface area contributed by atoms with Crippen molar-refractivity contribution in [3.63, 3.8) is 0 Å². The lowest BCUT2D eigenvalue weighted by atomic mass is 10.1. The maximum atomic E-state index is 12.1. The number of hydrogen-bond acceptors (Lipinski definition) is 4. The molecule has 0 saturated heterocycles. The highest BCUT2D eigenvalue weighted by molar-refractivity contribution is 5.92. The fourth-order valence-electron chi connectivity index (χ4n) is 2.27. The van der Waals surface area contributed by atoms with E-state index in [-0.39, 0.29) is 0 Å². The maximum absolute atomic E-state index is 12.1. The van der Waals surface area contributed by atoms with Gasteiger partial charge < -0.3 is 9.47 Å². The molecule has 6 nitrogen and oxygen atoms in total. The predicted octanol–water partition coefficient (Wildman–Crippen LogP) is 3.96. The van der Waals surface area contributed by atoms with E-state index in [4.69, 9.17) is 9.47 Å². The SMILES string of the molecule is CCOC(=O)N(CC)c1ccc(C)c(N(CC)C(=O)OCC)c1. The zero-order valence-electron chi connectivity index (χ0n) is 14.6. The van der Waals surface area contributed by atoms with Crippen LogP contribution < -0.4 is 9.80 Å². The third kappa shape index (κ3) is 4.61. The number of rotatable bonds is 6. The molecule has 0 heterocycles. The normalized spacial score (nSPS) is 10.1. The van der Waals surface area contributed by atoms with Crippen LogP contribution in [0.1, 0.15) is 33.3 Å². The molecule has 1 aromatic carbocycles. The summed E-state index contributed by atoms with van der Waals surface area (Å²) in [6.45, 7) is 10.8. The van der Waals surface area contributed by atoms with Crippen molar-refractivity contribution in [2.45, 2.75) is 34.6 Å². The molecule has 1 aromatic rings. The first-order valence-corrected chi connectivity index (χ1v) is 7.99. The van der Waals surface area contributed by atoms with Crippen molar-refractivity contribution in [2.75, 3.05) is 36.1 Å². The van der Waals surface area contributed by atoms with E-state index in [1.165, 1.54) is 4.90 Å². The number of nitrogens with zero attached hydrogens (tertiary/aromatic N) is 2. The van der Waals surface area contributed by atoms with Crippen LogP contribution in [0.2, 0.25) is 0 Å². The lowest BCUT2D eigenvalue weighted by Gasteiger charge is -2.25. The number of ether oxygens (including phenoxy) is 2. The van der Waals surface area contributed by atoms with E-state index in [2.05, 4.69) is 0 Å². The molecular formula is C17H26N2O4. The molecule has 0 unspecified atom stereocenters. The maximum Gasteiger partial charge on any atom is 0.414 e. The van der Waals surface area contributed by atoms with Gasteiger partial charge in [-0.05, 0) is 52.3 Å². The van der Waals surface area contributed by atoms with E-state index in [1.807, 2.05) is 39.0 Å². The second-order valence-electron chi connectivity index (χ2n) is 4.86. The van der Waals surface area contributed by atoms with Crippen LogP contribution in [-0.4, -0.2) is 38.5 Å². The third-order valence-corrected chi connectivity index (χ3v) is 3.40. The van der Waals surface area contributed by atoms with Gasteiger partial charge in [-0.3, -0.25) is 9.80 Å². The smallest absolute Gasteiger partial charge is 0.414 e. The summed E-state index contributed by atoms with van der Waals surface area (Å²) < 4.78 is 10.2. The summed E-state index contributed by atoms with van der Waals surface area (Å²) in [6.07, 6.45) is -0.793. The van der Waals surface area contributed by atoms with Crippen LogP contribution in [0.15, 0.2) is 18.2 Å². The zero-order valence-corrected chi connectivity index (χ0v) is 14.6. The number of carbonyl (C=O) groups excluding carboxylic acids is 2. The Morgan fingerprint density at radius 1 is 0.913 bits per heavy atom. The van der Waals surface area contributed by atoms with E-state index in [0.717, 1.165) is 11.3 Å². The fourth-order valence-corrected chi connectivity index (χ4v) is 2.27. The Morgan fingerprint density at radius 2 is 1.43 bits per heavy atom. The third-order valence-electron chi connectivity index (χ3n) is 3.40. The standard InChI is InChI=1S/C17H26N2O4/c1-6-18(16(20)22-8-3)14-11-10-13(5)15(12-14)19(7-2)17(21)23-9-4/h10-12H,6-9H2,1-5H3. The highest BCUT2D eigenvalue weighted by Gasteiger charge is 2.20. The van der Waals surface area contributed by atoms with Crippen molar-refractivity contribution in [3.05, 3.63) is 23.8 Å². The Kier molecular flexibility index (Phi) is 7.38. The average molecular weight is 322 g/mol. The molecule has 0 saturated carbocycles. The molecular weight excluding hydrogens is 296 g/mol. The van der Waals surface area contributed by atoms with Crippen molar-refractivity contribution in [2.24, 2.45) is 0 Å². The lowest BCUT2D eigenvalue weighted by molar-refractivity contribution is 0.159. The van der Waals surface area contributed by atoms with Gasteiger partial charge in [0.05, 0.1) is 18.9 Å². The molecule has 0 aliphatic rings. The van der Waals surface area contributed by atoms with Gasteiger partial charge in [-0.1, -0.05) is 6.07 Å². The van der Waals surface area contributed by atoms with E-state index in [0.29, 0.717) is 32.0 Å². The number of hydrogen-bond donors (Lipinski definition) is 0. The highest BCUT2D eigenvalue weighted by atomic mass is 16.6. The van der Waals surface area contributed by atoms with E-state index >= 15 is 0 Å². The minimum Gasteiger partial charge on any atom is -0.449 e. The summed E-state index contributed by atoms with van der Waals surface area (Å²) in [4.78, 5) is 27.2. The number of anilines is 2. The van der Waals surface area contributed by atoms with Crippen molar-refractivity contribution in [1.29, 1.82) is 0 Å². The van der Waals surface area contributed by atoms with Crippen LogP contribution >= 0.6 is 0 Å². The van der Waals surface area contributed by atoms with Gasteiger partial charge in [0.2, 0.25) is 0 Å². The first-order chi connectivity index (χ1) is 11.0. The summed E-state index contributed by atoms with van der Waals surface area (Å²) in [5.74, 6) is 0. The van der Waals surface area contributed by atoms with Crippen molar-refractivity contribution in [1.82, 2.24) is 0 Å². The lowest BCUT2D eigenvalue weighted by Crippen LogP contribution is -2.33. The molecule has 0 aliphatic carbocycles. The van der Waals surface area contributed by atoms with Crippen LogP contribution in [-0.2, 0) is 9.47 Å². The van der Waals surface area contributed by atoms with Gasteiger partial charge in [0.25, 0.3) is 0 Å². The largest absolute Gasteiger partial charge is 0.449 e. The first kappa shape index (κ1) is 18.8. The number of carbonyl (C=O) groups is 2. The molecule has 6 heteroatoms. The van der Waals surface area contributed by atoms with Gasteiger partial charge in [0.15, 0.2) is 0 Å². The van der Waals surface area contributed by atoms with Crippen LogP contribution in [0.5, 0.6) is 0 Å². The van der Waals surface area contributed by atoms with E-state index < -0.39 is 12.2 Å². The average Bonchev–Trinajstić information content (AvgIpc) is 2.52. The van der Waals surface area contributed by atoms with Crippen LogP contribution in [0.3, 0.4) is 0 Å². The van der Waals surface area contributed by atoms with Crippen molar-refractivity contribution < 1.29 is 19.1 Å². The summed E-state index contributed by atoms with van der Waals surface area (Å²) in [5, 5.41) is 0. The summed E-state index contributed by atoms with van der Waals surface area (Å²) in [6, 6.07) is 5.54. The molecule has 0 N–H and O–H groups in total. The quantitative estimate of drug-likeness (QED) is 0.795. The van der Waals surface area contributed by atoms with Gasteiger partial charge in [-0.25, -0.2) is 9.59 Å². The Morgan fingerprint density at radius 3 is 1.91 bits per heavy atom. The molecule has 0 aliphatic heterocycles. The van der Waals surface area contributed by atoms with Crippen LogP contribution in [0.4, 0.5) is 21.0 Å². The predicted molar refractivity (Wildman–Crippen MR) is 91.3 cm³/mol. The Labute approximate surface area is 138 Å². The van der Waals surface area contributed by atoms with Crippen molar-refractivity contribution >= 4 is 23.6 Å². The molecule has 0 atom stereocenters. The van der Waals surface area contributed by atoms with Crippen LogP contribution in [0, 0.1) is 6.92 Å². The molecule has 0 radical (unpaired) electrons. The number of benzene rings is 1. The van der Waals surface area contributed by atoms with Gasteiger partial charge >= 0.3 is 12.2 Å². The molecule has 23 heavy (non-hydrogen) atoms. The fraction of sp³-hybridized carbons (Fsp3) is 0.529. The number of amides is 2. The van der Waals surface area contributed by atoms with Crippen LogP contribution in [0.25, 0.3) is 0 Å². The molecule has 1 rings (SSSR count). The monoisotopic (exact) mass is 322 g/mol. The minimum absolute atomic E-state index is 0.317. The molecule has 128 valence electrons. The minimum atomic E-state index is -0.399. The summed E-state index contributed by atoms with van der Waals surface area (Å²) in [5.41, 5.74) is 2.35. The first-order valence-electron chi connectivity index (χ1n) is 7.99. The van der Waals surface area contributed by atoms with Gasteiger partial charge in [-0.15, -0.1) is 0 Å². The van der Waals surface area contributed by atoms with Gasteiger partial charge in [0.1, 0.15) is 0 Å². The Bertz CT molecular complexity index is 545. The van der Waals surface area contributed by atoms with Crippen molar-refractivity contribution in [3.8, 4) is 0 Å². The molecule has 0 bridgehead atoms.